The molecule has 9 nitrogen and oxygen atoms in total. The number of nitrogens with one attached hydrogen (secondary N) is 3. The van der Waals surface area contributed by atoms with Gasteiger partial charge in [-0.2, -0.15) is 0 Å². The molecule has 0 saturated heterocycles. The minimum Gasteiger partial charge on any atom is -0.508 e. The van der Waals surface area contributed by atoms with E-state index in [1.807, 2.05) is 0 Å². The summed E-state index contributed by atoms with van der Waals surface area (Å²) in [5.41, 5.74) is 1.80. The zero-order valence-corrected chi connectivity index (χ0v) is 17.0. The molecule has 2 amide bonds. The van der Waals surface area contributed by atoms with Gasteiger partial charge in [0.2, 0.25) is 10.0 Å². The molecule has 0 unspecified atom stereocenters. The Morgan fingerprint density at radius 3 is 2.18 bits per heavy atom. The van der Waals surface area contributed by atoms with E-state index in [1.165, 1.54) is 24.3 Å². The fourth-order valence-corrected chi connectivity index (χ4v) is 4.17. The van der Waals surface area contributed by atoms with E-state index in [9.17, 15) is 23.1 Å². The average Bonchev–Trinajstić information content (AvgIpc) is 2.59. The molecule has 2 rings (SSSR count). The van der Waals surface area contributed by atoms with Gasteiger partial charge in [0, 0.05) is 11.6 Å². The van der Waals surface area contributed by atoms with E-state index in [4.69, 9.17) is 4.74 Å². The normalized spacial score (nSPS) is 20.2. The number of carbonyl (C=O) groups excluding carboxylic acids is 2. The van der Waals surface area contributed by atoms with Crippen LogP contribution in [0.15, 0.2) is 24.3 Å². The van der Waals surface area contributed by atoms with Gasteiger partial charge in [0.25, 0.3) is 5.91 Å². The lowest BCUT2D eigenvalue weighted by atomic mass is 9.95. The van der Waals surface area contributed by atoms with Crippen molar-refractivity contribution in [3.8, 4) is 5.75 Å². The first-order chi connectivity index (χ1) is 13.0. The summed E-state index contributed by atoms with van der Waals surface area (Å²) in [7, 11) is -3.75. The number of hydrazine groups is 1. The molecular formula is C18H27N3O6S. The van der Waals surface area contributed by atoms with Crippen molar-refractivity contribution in [2.75, 3.05) is 0 Å². The highest BCUT2D eigenvalue weighted by molar-refractivity contribution is 7.90. The fourth-order valence-electron chi connectivity index (χ4n) is 2.88. The maximum Gasteiger partial charge on any atom is 0.407 e. The Morgan fingerprint density at radius 2 is 1.64 bits per heavy atom. The van der Waals surface area contributed by atoms with Crippen molar-refractivity contribution in [3.63, 3.8) is 0 Å². The smallest absolute Gasteiger partial charge is 0.407 e. The maximum absolute atomic E-state index is 12.4. The molecular weight excluding hydrogens is 386 g/mol. The third-order valence-corrected chi connectivity index (χ3v) is 6.01. The van der Waals surface area contributed by atoms with Crippen LogP contribution in [0.5, 0.6) is 5.75 Å². The van der Waals surface area contributed by atoms with E-state index < -0.39 is 32.9 Å². The largest absolute Gasteiger partial charge is 0.508 e. The Labute approximate surface area is 164 Å². The molecule has 0 atom stereocenters. The van der Waals surface area contributed by atoms with Gasteiger partial charge in [-0.05, 0) is 70.7 Å². The van der Waals surface area contributed by atoms with Crippen LogP contribution in [0.1, 0.15) is 56.8 Å². The Hall–Kier alpha value is -2.33. The van der Waals surface area contributed by atoms with Crippen molar-refractivity contribution in [3.05, 3.63) is 29.8 Å². The summed E-state index contributed by atoms with van der Waals surface area (Å²) in [6.45, 7) is 5.32. The summed E-state index contributed by atoms with van der Waals surface area (Å²) in [5.74, 6) is -0.613. The standard InChI is InChI=1S/C18H27N3O6S/c1-18(2,3)27-17(24)19-13-6-10-15(11-7-13)28(25,26)21-20-16(23)12-4-8-14(22)9-5-12/h4-5,8-9,13,15,21-22H,6-7,10-11H2,1-3H3,(H,19,24)(H,20,23)/t13-,15+. The maximum atomic E-state index is 12.4. The van der Waals surface area contributed by atoms with Gasteiger partial charge in [0.15, 0.2) is 0 Å². The predicted octanol–water partition coefficient (Wildman–Crippen LogP) is 1.79. The quantitative estimate of drug-likeness (QED) is 0.544. The Morgan fingerprint density at radius 1 is 1.07 bits per heavy atom. The molecule has 0 aliphatic heterocycles. The van der Waals surface area contributed by atoms with Gasteiger partial charge in [-0.25, -0.2) is 13.2 Å². The summed E-state index contributed by atoms with van der Waals surface area (Å²) < 4.78 is 30.0. The van der Waals surface area contributed by atoms with Gasteiger partial charge in [-0.15, -0.1) is 4.83 Å². The van der Waals surface area contributed by atoms with Crippen molar-refractivity contribution >= 4 is 22.0 Å². The van der Waals surface area contributed by atoms with Crippen LogP contribution in [0.3, 0.4) is 0 Å². The molecule has 1 fully saturated rings. The van der Waals surface area contributed by atoms with Crippen LogP contribution in [0.2, 0.25) is 0 Å². The number of hydrogen-bond acceptors (Lipinski definition) is 6. The summed E-state index contributed by atoms with van der Waals surface area (Å²) in [5, 5.41) is 11.3. The number of carbonyl (C=O) groups is 2. The molecule has 0 heterocycles. The number of amides is 2. The fraction of sp³-hybridized carbons (Fsp3) is 0.556. The molecule has 1 aliphatic carbocycles. The van der Waals surface area contributed by atoms with E-state index in [0.717, 1.165) is 0 Å². The van der Waals surface area contributed by atoms with Crippen LogP contribution >= 0.6 is 0 Å². The molecule has 1 aliphatic rings. The Kier molecular flexibility index (Phi) is 6.89. The molecule has 1 aromatic rings. The van der Waals surface area contributed by atoms with Gasteiger partial charge in [0.1, 0.15) is 11.4 Å². The second kappa shape index (κ2) is 8.78. The zero-order chi connectivity index (χ0) is 20.9. The summed E-state index contributed by atoms with van der Waals surface area (Å²) in [6, 6.07) is 5.29. The minimum absolute atomic E-state index is 0.00822. The number of sulfonamides is 1. The number of rotatable bonds is 5. The van der Waals surface area contributed by atoms with Gasteiger partial charge in [-0.3, -0.25) is 10.2 Å². The number of ether oxygens (including phenoxy) is 1. The third-order valence-electron chi connectivity index (χ3n) is 4.27. The number of phenols is 1. The van der Waals surface area contributed by atoms with Gasteiger partial charge in [-0.1, -0.05) is 0 Å². The molecule has 0 spiro atoms. The number of alkyl carbamates (subject to hydrolysis) is 1. The lowest BCUT2D eigenvalue weighted by Gasteiger charge is -2.29. The monoisotopic (exact) mass is 413 g/mol. The third kappa shape index (κ3) is 6.68. The second-order valence-corrected chi connectivity index (χ2v) is 9.73. The molecule has 1 aromatic carbocycles. The highest BCUT2D eigenvalue weighted by Gasteiger charge is 2.32. The van der Waals surface area contributed by atoms with Gasteiger partial charge < -0.3 is 15.2 Å². The number of phenolic OH excluding ortho intramolecular Hbond substituents is 1. The Bertz CT molecular complexity index is 794. The number of aromatic hydroxyl groups is 1. The van der Waals surface area contributed by atoms with E-state index in [1.54, 1.807) is 20.8 Å². The molecule has 1 saturated carbocycles. The molecule has 28 heavy (non-hydrogen) atoms. The zero-order valence-electron chi connectivity index (χ0n) is 16.2. The van der Waals surface area contributed by atoms with Crippen LogP contribution in [0.4, 0.5) is 4.79 Å². The predicted molar refractivity (Wildman–Crippen MR) is 103 cm³/mol. The first-order valence-electron chi connectivity index (χ1n) is 9.06. The van der Waals surface area contributed by atoms with Crippen LogP contribution in [0.25, 0.3) is 0 Å². The van der Waals surface area contributed by atoms with E-state index >= 15 is 0 Å². The lowest BCUT2D eigenvalue weighted by molar-refractivity contribution is 0.0493. The van der Waals surface area contributed by atoms with Crippen molar-refractivity contribution in [1.29, 1.82) is 0 Å². The Balaban J connectivity index is 1.81. The van der Waals surface area contributed by atoms with E-state index in [-0.39, 0.29) is 17.4 Å². The second-order valence-electron chi connectivity index (χ2n) is 7.77. The van der Waals surface area contributed by atoms with Crippen LogP contribution < -0.4 is 15.6 Å². The van der Waals surface area contributed by atoms with Gasteiger partial charge >= 0.3 is 6.09 Å². The molecule has 4 N–H and O–H groups in total. The first-order valence-corrected chi connectivity index (χ1v) is 10.6. The van der Waals surface area contributed by atoms with Gasteiger partial charge in [0.05, 0.1) is 5.25 Å². The van der Waals surface area contributed by atoms with Crippen LogP contribution in [-0.2, 0) is 14.8 Å². The van der Waals surface area contributed by atoms with E-state index in [0.29, 0.717) is 25.7 Å². The summed E-state index contributed by atoms with van der Waals surface area (Å²) in [4.78, 5) is 25.9. The lowest BCUT2D eigenvalue weighted by Crippen LogP contribution is -2.48. The van der Waals surface area contributed by atoms with Crippen LogP contribution in [-0.4, -0.2) is 42.4 Å². The van der Waals surface area contributed by atoms with Crippen molar-refractivity contribution in [1.82, 2.24) is 15.6 Å². The molecule has 156 valence electrons. The van der Waals surface area contributed by atoms with E-state index in [2.05, 4.69) is 15.6 Å². The van der Waals surface area contributed by atoms with Crippen LogP contribution in [0, 0.1) is 0 Å². The highest BCUT2D eigenvalue weighted by Crippen LogP contribution is 2.24. The molecule has 0 radical (unpaired) electrons. The first kappa shape index (κ1) is 22.0. The van der Waals surface area contributed by atoms with Crippen molar-refractivity contribution in [2.45, 2.75) is 63.3 Å². The highest BCUT2D eigenvalue weighted by atomic mass is 32.2. The minimum atomic E-state index is -3.75. The summed E-state index contributed by atoms with van der Waals surface area (Å²) in [6.07, 6.45) is 1.18. The molecule has 0 aromatic heterocycles. The number of benzene rings is 1. The SMILES string of the molecule is CC(C)(C)OC(=O)N[C@H]1CC[C@@H](S(=O)(=O)NNC(=O)c2ccc(O)cc2)CC1. The molecule has 0 bridgehead atoms. The van der Waals surface area contributed by atoms with Crippen molar-refractivity contribution < 1.29 is 27.9 Å². The summed E-state index contributed by atoms with van der Waals surface area (Å²) >= 11 is 0. The number of hydrogen-bond donors (Lipinski definition) is 4. The average molecular weight is 413 g/mol. The van der Waals surface area contributed by atoms with Crippen molar-refractivity contribution in [2.24, 2.45) is 0 Å². The molecule has 10 heteroatoms. The topological polar surface area (TPSA) is 134 Å².